The monoisotopic (exact) mass is 153 g/mol. The summed E-state index contributed by atoms with van der Waals surface area (Å²) in [7, 11) is 0. The Hall–Kier alpha value is -1.38. The number of carbonyl (C=O) groups is 1. The van der Waals surface area contributed by atoms with Gasteiger partial charge in [-0.3, -0.25) is 4.79 Å². The van der Waals surface area contributed by atoms with Gasteiger partial charge in [0.25, 0.3) is 0 Å². The zero-order valence-electron chi connectivity index (χ0n) is 8.87. The molecule has 0 radical (unpaired) electrons. The number of nitrogen functional groups attached to an aromatic ring is 1. The Morgan fingerprint density at radius 3 is 3.18 bits per heavy atom. The second-order valence-electron chi connectivity index (χ2n) is 2.07. The van der Waals surface area contributed by atoms with E-state index in [0.29, 0.717) is 5.82 Å². The summed E-state index contributed by atoms with van der Waals surface area (Å²) in [5.41, 5.74) is 5.59. The van der Waals surface area contributed by atoms with Crippen LogP contribution in [0.15, 0.2) is 18.3 Å². The number of ketones is 1. The molecule has 0 atom stereocenters. The fraction of sp³-hybridized carbons (Fsp3) is 0.250. The molecule has 0 saturated heterocycles. The van der Waals surface area contributed by atoms with Gasteiger partial charge in [-0.05, 0) is 12.1 Å². The van der Waals surface area contributed by atoms with E-state index in [4.69, 9.17) is 9.85 Å². The smallest absolute Gasteiger partial charge is 0.164 e. The fourth-order valence-corrected chi connectivity index (χ4v) is 0.672. The van der Waals surface area contributed by atoms with Gasteiger partial charge < -0.3 is 5.73 Å². The first kappa shape index (κ1) is 4.49. The summed E-state index contributed by atoms with van der Waals surface area (Å²) < 4.78 is 20.8. The lowest BCUT2D eigenvalue weighted by atomic mass is 10.1. The van der Waals surface area contributed by atoms with Gasteiger partial charge >= 0.3 is 0 Å². The Kier molecular flexibility index (Phi) is 1.28. The molecule has 1 heterocycles. The van der Waals surface area contributed by atoms with Crippen molar-refractivity contribution in [1.82, 2.24) is 4.98 Å². The summed E-state index contributed by atoms with van der Waals surface area (Å²) in [6.07, 6.45) is 0.808. The highest BCUT2D eigenvalue weighted by Crippen LogP contribution is 2.03. The lowest BCUT2D eigenvalue weighted by Gasteiger charge is -1.96. The first-order valence-electron chi connectivity index (χ1n) is 4.63. The molecule has 3 nitrogen and oxygen atoms in total. The minimum Gasteiger partial charge on any atom is -0.384 e. The van der Waals surface area contributed by atoms with Crippen LogP contribution in [0.4, 0.5) is 5.82 Å². The minimum absolute atomic E-state index is 0.273. The van der Waals surface area contributed by atoms with Gasteiger partial charge in [0.1, 0.15) is 5.82 Å². The van der Waals surface area contributed by atoms with Crippen molar-refractivity contribution in [2.45, 2.75) is 13.3 Å². The molecule has 0 aromatic carbocycles. The molecule has 2 N–H and O–H groups in total. The number of aromatic nitrogens is 1. The highest BCUT2D eigenvalue weighted by Gasteiger charge is 2.01. The summed E-state index contributed by atoms with van der Waals surface area (Å²) in [6.45, 7) is -2.24. The summed E-state index contributed by atoms with van der Waals surface area (Å²) in [4.78, 5) is 15.0. The summed E-state index contributed by atoms with van der Waals surface area (Å²) >= 11 is 0. The lowest BCUT2D eigenvalue weighted by Crippen LogP contribution is -1.98. The van der Waals surface area contributed by atoms with Gasteiger partial charge in [-0.25, -0.2) is 4.98 Å². The van der Waals surface area contributed by atoms with E-state index in [2.05, 4.69) is 4.98 Å². The van der Waals surface area contributed by atoms with E-state index in [9.17, 15) is 4.79 Å². The van der Waals surface area contributed by atoms with Gasteiger partial charge in [0.15, 0.2) is 5.78 Å². The molecule has 0 fully saturated rings. The molecule has 0 spiro atoms. The van der Waals surface area contributed by atoms with Crippen LogP contribution < -0.4 is 5.73 Å². The topological polar surface area (TPSA) is 56.0 Å². The molecule has 0 aliphatic carbocycles. The number of carbonyl (C=O) groups excluding carboxylic acids is 1. The predicted octanol–water partition coefficient (Wildman–Crippen LogP) is 1.26. The third-order valence-corrected chi connectivity index (χ3v) is 1.27. The maximum absolute atomic E-state index is 11.3. The van der Waals surface area contributed by atoms with Crippen molar-refractivity contribution in [2.24, 2.45) is 0 Å². The van der Waals surface area contributed by atoms with Crippen LogP contribution in [0.3, 0.4) is 0 Å². The molecule has 0 saturated carbocycles. The van der Waals surface area contributed by atoms with Crippen molar-refractivity contribution >= 4 is 11.6 Å². The number of rotatable bonds is 2. The number of nitrogens with two attached hydrogens (primary N) is 1. The second-order valence-corrected chi connectivity index (χ2v) is 2.07. The van der Waals surface area contributed by atoms with Crippen molar-refractivity contribution in [3.05, 3.63) is 23.9 Å². The molecule has 0 unspecified atom stereocenters. The summed E-state index contributed by atoms with van der Waals surface area (Å²) in [5, 5.41) is 0. The van der Waals surface area contributed by atoms with Crippen LogP contribution in [0.2, 0.25) is 0 Å². The first-order chi connectivity index (χ1) is 6.38. The van der Waals surface area contributed by atoms with Crippen LogP contribution in [0, 0.1) is 0 Å². The zero-order chi connectivity index (χ0) is 10.8. The molecule has 1 aromatic rings. The van der Waals surface area contributed by atoms with E-state index in [1.165, 1.54) is 18.3 Å². The Morgan fingerprint density at radius 1 is 1.82 bits per heavy atom. The van der Waals surface area contributed by atoms with Crippen LogP contribution >= 0.6 is 0 Å². The SMILES string of the molecule is [2H]C([2H])([2H])CC(=O)c1ccc(N)nc1. The Labute approximate surface area is 69.5 Å². The van der Waals surface area contributed by atoms with E-state index in [-0.39, 0.29) is 5.56 Å². The van der Waals surface area contributed by atoms with Gasteiger partial charge in [-0.15, -0.1) is 0 Å². The van der Waals surface area contributed by atoms with Crippen molar-refractivity contribution in [3.8, 4) is 0 Å². The maximum atomic E-state index is 11.3. The quantitative estimate of drug-likeness (QED) is 0.650. The van der Waals surface area contributed by atoms with Crippen LogP contribution in [0.25, 0.3) is 0 Å². The van der Waals surface area contributed by atoms with Crippen LogP contribution in [0.1, 0.15) is 27.7 Å². The number of hydrogen-bond donors (Lipinski definition) is 1. The molecular formula is C8H10N2O. The fourth-order valence-electron chi connectivity index (χ4n) is 0.672. The summed E-state index contributed by atoms with van der Waals surface area (Å²) in [6, 6.07) is 2.93. The van der Waals surface area contributed by atoms with Gasteiger partial charge in [-0.2, -0.15) is 0 Å². The molecule has 0 bridgehead atoms. The molecular weight excluding hydrogens is 140 g/mol. The van der Waals surface area contributed by atoms with E-state index >= 15 is 0 Å². The van der Waals surface area contributed by atoms with E-state index in [0.717, 1.165) is 0 Å². The Bertz CT molecular complexity index is 331. The van der Waals surface area contributed by atoms with Crippen molar-refractivity contribution in [1.29, 1.82) is 0 Å². The minimum atomic E-state index is -2.24. The van der Waals surface area contributed by atoms with Crippen molar-refractivity contribution < 1.29 is 8.91 Å². The second kappa shape index (κ2) is 3.14. The number of nitrogens with zero attached hydrogens (tertiary/aromatic N) is 1. The van der Waals surface area contributed by atoms with Crippen LogP contribution in [-0.2, 0) is 0 Å². The van der Waals surface area contributed by atoms with E-state index in [1.807, 2.05) is 0 Å². The van der Waals surface area contributed by atoms with Gasteiger partial charge in [0.05, 0.1) is 0 Å². The Balaban J connectivity index is 2.76. The normalized spacial score (nSPS) is 14.7. The molecule has 0 aliphatic heterocycles. The predicted molar refractivity (Wildman–Crippen MR) is 43.3 cm³/mol. The maximum Gasteiger partial charge on any atom is 0.164 e. The third-order valence-electron chi connectivity index (χ3n) is 1.27. The van der Waals surface area contributed by atoms with E-state index < -0.39 is 19.1 Å². The molecule has 11 heavy (non-hydrogen) atoms. The summed E-state index contributed by atoms with van der Waals surface area (Å²) in [5.74, 6) is -0.145. The van der Waals surface area contributed by atoms with Crippen molar-refractivity contribution in [2.75, 3.05) is 5.73 Å². The zero-order valence-corrected chi connectivity index (χ0v) is 5.87. The lowest BCUT2D eigenvalue weighted by molar-refractivity contribution is 0.0988. The molecule has 0 amide bonds. The Morgan fingerprint density at radius 2 is 2.64 bits per heavy atom. The highest BCUT2D eigenvalue weighted by molar-refractivity contribution is 5.95. The number of pyridine rings is 1. The number of anilines is 1. The van der Waals surface area contributed by atoms with Crippen LogP contribution in [-0.4, -0.2) is 10.8 Å². The average molecular weight is 153 g/mol. The average Bonchev–Trinajstić information content (AvgIpc) is 2.02. The van der Waals surface area contributed by atoms with E-state index in [1.54, 1.807) is 0 Å². The van der Waals surface area contributed by atoms with Gasteiger partial charge in [-0.1, -0.05) is 6.85 Å². The molecule has 1 rings (SSSR count). The third kappa shape index (κ3) is 1.77. The standard InChI is InChI=1S/C8H10N2O/c1-2-7(11)6-3-4-8(9)10-5-6/h3-5H,2H2,1H3,(H2,9,10)/i1D3. The van der Waals surface area contributed by atoms with Crippen LogP contribution in [0.5, 0.6) is 0 Å². The van der Waals surface area contributed by atoms with Gasteiger partial charge in [0, 0.05) is 22.3 Å². The molecule has 1 aromatic heterocycles. The number of Topliss-reactive ketones (excluding diaryl/α,β-unsaturated/α-hetero) is 1. The number of hydrogen-bond acceptors (Lipinski definition) is 3. The molecule has 0 aliphatic rings. The highest BCUT2D eigenvalue weighted by atomic mass is 16.1. The first-order valence-corrected chi connectivity index (χ1v) is 3.13. The molecule has 3 heteroatoms. The largest absolute Gasteiger partial charge is 0.384 e. The molecule has 58 valence electrons. The van der Waals surface area contributed by atoms with Crippen molar-refractivity contribution in [3.63, 3.8) is 0 Å². The van der Waals surface area contributed by atoms with Gasteiger partial charge in [0.2, 0.25) is 0 Å².